The zero-order valence-corrected chi connectivity index (χ0v) is 48.4. The highest BCUT2D eigenvalue weighted by Crippen LogP contribution is 2.67. The quantitative estimate of drug-likeness (QED) is 0.101. The minimum atomic E-state index is -0.473. The molecule has 3 aromatic heterocycles. The van der Waals surface area contributed by atoms with E-state index in [0.29, 0.717) is 0 Å². The van der Waals surface area contributed by atoms with E-state index in [-0.39, 0.29) is 33.2 Å². The molecule has 0 N–H and O–H groups in total. The standard InChI is InChI=1S/C59H86N6S3/c1-21-23-25-27-29-58-37-31-43-46(63(55(12,13)14)49(66)60(43)52(3,4)5)34-40(37)59(30-28-26-24-22-2,41-35-47-44(32-38(41)58)61(53(6,7)8)50(67)64(47)56(15,16)17)42-36-48-45(33-39(42)58)62(54(9,10)11)51(68)65(48)57(18,19)20/h31-36H,21-30H2,1-20H3. The lowest BCUT2D eigenvalue weighted by molar-refractivity contribution is 0.360. The van der Waals surface area contributed by atoms with Gasteiger partial charge < -0.3 is 27.4 Å². The van der Waals surface area contributed by atoms with Gasteiger partial charge in [0.05, 0.1) is 33.1 Å². The number of fused-ring (bicyclic) bond motifs is 3. The van der Waals surface area contributed by atoms with Crippen LogP contribution in [0.5, 0.6) is 0 Å². The fourth-order valence-corrected chi connectivity index (χ4v) is 15.3. The summed E-state index contributed by atoms with van der Waals surface area (Å²) in [6, 6.07) is 15.9. The minimum absolute atomic E-state index is 0.240. The number of aromatic nitrogens is 6. The molecule has 68 heavy (non-hydrogen) atoms. The Labute approximate surface area is 425 Å². The van der Waals surface area contributed by atoms with E-state index in [1.165, 1.54) is 105 Å². The van der Waals surface area contributed by atoms with Crippen molar-refractivity contribution in [3.8, 4) is 0 Å². The molecule has 0 aliphatic heterocycles. The van der Waals surface area contributed by atoms with E-state index in [0.717, 1.165) is 40.0 Å². The van der Waals surface area contributed by atoms with Gasteiger partial charge in [-0.05, 0) is 244 Å². The van der Waals surface area contributed by atoms with E-state index in [1.54, 1.807) is 0 Å². The lowest BCUT2D eigenvalue weighted by Crippen LogP contribution is -2.51. The van der Waals surface area contributed by atoms with Crippen LogP contribution in [0.2, 0.25) is 0 Å². The van der Waals surface area contributed by atoms with Crippen LogP contribution in [0, 0.1) is 14.3 Å². The second kappa shape index (κ2) is 16.4. The largest absolute Gasteiger partial charge is 0.311 e. The molecule has 3 aliphatic rings. The second-order valence-electron chi connectivity index (χ2n) is 27.0. The van der Waals surface area contributed by atoms with Crippen molar-refractivity contribution in [2.24, 2.45) is 0 Å². The number of rotatable bonds is 10. The maximum Gasteiger partial charge on any atom is 0.181 e. The van der Waals surface area contributed by atoms with Gasteiger partial charge in [-0.25, -0.2) is 0 Å². The van der Waals surface area contributed by atoms with Gasteiger partial charge in [-0.1, -0.05) is 65.2 Å². The van der Waals surface area contributed by atoms with Crippen LogP contribution < -0.4 is 0 Å². The molecular weight excluding hydrogens is 889 g/mol. The maximum atomic E-state index is 6.64. The van der Waals surface area contributed by atoms with Crippen molar-refractivity contribution in [1.29, 1.82) is 0 Å². The van der Waals surface area contributed by atoms with Crippen molar-refractivity contribution in [2.45, 2.75) is 247 Å². The summed E-state index contributed by atoms with van der Waals surface area (Å²) >= 11 is 19.9. The summed E-state index contributed by atoms with van der Waals surface area (Å²) in [5, 5.41) is 0. The highest BCUT2D eigenvalue weighted by atomic mass is 32.1. The number of hydrogen-bond acceptors (Lipinski definition) is 3. The van der Waals surface area contributed by atoms with E-state index >= 15 is 0 Å². The molecule has 3 aromatic carbocycles. The van der Waals surface area contributed by atoms with E-state index in [9.17, 15) is 0 Å². The van der Waals surface area contributed by atoms with Crippen LogP contribution in [-0.4, -0.2) is 27.4 Å². The van der Waals surface area contributed by atoms with Gasteiger partial charge in [0, 0.05) is 44.1 Å². The van der Waals surface area contributed by atoms with Crippen LogP contribution in [0.25, 0.3) is 33.1 Å². The van der Waals surface area contributed by atoms with Gasteiger partial charge in [-0.3, -0.25) is 0 Å². The van der Waals surface area contributed by atoms with Crippen LogP contribution in [0.1, 0.15) is 236 Å². The van der Waals surface area contributed by atoms with Crippen molar-refractivity contribution < 1.29 is 0 Å². The van der Waals surface area contributed by atoms with Gasteiger partial charge in [-0.15, -0.1) is 0 Å². The summed E-state index contributed by atoms with van der Waals surface area (Å²) in [6.07, 6.45) is 11.4. The molecule has 3 heterocycles. The first-order chi connectivity index (χ1) is 31.2. The Bertz CT molecular complexity index is 2640. The van der Waals surface area contributed by atoms with Crippen molar-refractivity contribution in [2.75, 3.05) is 0 Å². The molecule has 0 saturated heterocycles. The summed E-state index contributed by atoms with van der Waals surface area (Å²) in [7, 11) is 0. The summed E-state index contributed by atoms with van der Waals surface area (Å²) in [6.45, 7) is 46.5. The molecular formula is C59H86N6S3. The smallest absolute Gasteiger partial charge is 0.181 e. The van der Waals surface area contributed by atoms with Crippen LogP contribution >= 0.6 is 36.7 Å². The summed E-state index contributed by atoms with van der Waals surface area (Å²) in [5.74, 6) is 0. The number of imidazole rings is 3. The van der Waals surface area contributed by atoms with E-state index < -0.39 is 10.8 Å². The molecule has 0 radical (unpaired) electrons. The predicted octanol–water partition coefficient (Wildman–Crippen LogP) is 17.9. The van der Waals surface area contributed by atoms with Gasteiger partial charge >= 0.3 is 0 Å². The lowest BCUT2D eigenvalue weighted by Gasteiger charge is -2.57. The number of unbranched alkanes of at least 4 members (excludes halogenated alkanes) is 6. The van der Waals surface area contributed by atoms with Gasteiger partial charge in [0.1, 0.15) is 0 Å². The fraction of sp³-hybridized carbons (Fsp3) is 0.644. The van der Waals surface area contributed by atoms with E-state index in [1.807, 2.05) is 0 Å². The van der Waals surface area contributed by atoms with Gasteiger partial charge in [0.15, 0.2) is 14.3 Å². The van der Waals surface area contributed by atoms with Crippen LogP contribution in [0.4, 0.5) is 0 Å². The van der Waals surface area contributed by atoms with Gasteiger partial charge in [0.25, 0.3) is 0 Å². The first kappa shape index (κ1) is 51.1. The second-order valence-corrected chi connectivity index (χ2v) is 28.1. The molecule has 2 bridgehead atoms. The monoisotopic (exact) mass is 975 g/mol. The Balaban J connectivity index is 1.72. The Morgan fingerprint density at radius 1 is 0.309 bits per heavy atom. The zero-order chi connectivity index (χ0) is 50.4. The molecule has 370 valence electrons. The molecule has 3 aliphatic carbocycles. The SMILES string of the molecule is CCCCCCC12c3cc4c(cc3C(CCCCCC)(c3cc5c(cc31)n(C(C)(C)C)c(=S)n5C(C)(C)C)c1cc3c(cc12)n(C(C)(C)C)c(=S)n3C(C)(C)C)n(C(C)(C)C)c(=S)n4C(C)(C)C. The molecule has 6 aromatic rings. The van der Waals surface area contributed by atoms with Gasteiger partial charge in [0.2, 0.25) is 0 Å². The average molecular weight is 976 g/mol. The lowest BCUT2D eigenvalue weighted by atomic mass is 9.45. The Hall–Kier alpha value is -3.27. The number of benzene rings is 3. The number of nitrogens with zero attached hydrogens (tertiary/aromatic N) is 6. The van der Waals surface area contributed by atoms with Crippen molar-refractivity contribution in [3.63, 3.8) is 0 Å². The third-order valence-corrected chi connectivity index (χ3v) is 16.6. The zero-order valence-electron chi connectivity index (χ0n) is 45.9. The topological polar surface area (TPSA) is 29.6 Å². The normalized spacial score (nSPS) is 18.9. The van der Waals surface area contributed by atoms with E-state index in [4.69, 9.17) is 36.7 Å². The first-order valence-electron chi connectivity index (χ1n) is 26.2. The molecule has 0 unspecified atom stereocenters. The van der Waals surface area contributed by atoms with Crippen molar-refractivity contribution in [1.82, 2.24) is 27.4 Å². The molecule has 9 heteroatoms. The Kier molecular flexibility index (Phi) is 12.3. The molecule has 0 saturated carbocycles. The molecule has 0 spiro atoms. The first-order valence-corrected chi connectivity index (χ1v) is 27.4. The molecule has 0 atom stereocenters. The third kappa shape index (κ3) is 7.48. The van der Waals surface area contributed by atoms with Gasteiger partial charge in [-0.2, -0.15) is 0 Å². The number of hydrogen-bond donors (Lipinski definition) is 0. The van der Waals surface area contributed by atoms with Crippen molar-refractivity contribution >= 4 is 69.8 Å². The fourth-order valence-electron chi connectivity index (χ4n) is 13.0. The highest BCUT2D eigenvalue weighted by Gasteiger charge is 2.59. The minimum Gasteiger partial charge on any atom is -0.311 e. The Morgan fingerprint density at radius 3 is 0.632 bits per heavy atom. The van der Waals surface area contributed by atoms with Crippen LogP contribution in [0.15, 0.2) is 36.4 Å². The predicted molar refractivity (Wildman–Crippen MR) is 300 cm³/mol. The molecule has 6 nitrogen and oxygen atoms in total. The maximum absolute atomic E-state index is 6.64. The van der Waals surface area contributed by atoms with E-state index in [2.05, 4.69) is 202 Å². The van der Waals surface area contributed by atoms with Crippen LogP contribution in [-0.2, 0) is 44.1 Å². The molecule has 0 amide bonds. The summed E-state index contributed by atoms with van der Waals surface area (Å²) in [5.41, 5.74) is 13.8. The highest BCUT2D eigenvalue weighted by molar-refractivity contribution is 7.71. The summed E-state index contributed by atoms with van der Waals surface area (Å²) < 4.78 is 17.5. The average Bonchev–Trinajstić information content (AvgIpc) is 3.78. The third-order valence-electron chi connectivity index (χ3n) is 15.5. The molecule has 9 rings (SSSR count). The van der Waals surface area contributed by atoms with Crippen LogP contribution in [0.3, 0.4) is 0 Å². The Morgan fingerprint density at radius 2 is 0.485 bits per heavy atom. The summed E-state index contributed by atoms with van der Waals surface area (Å²) in [4.78, 5) is 0. The molecule has 0 fully saturated rings. The van der Waals surface area contributed by atoms with Crippen molar-refractivity contribution in [3.05, 3.63) is 84.1 Å².